The molecule has 0 atom stereocenters. The van der Waals surface area contributed by atoms with Gasteiger partial charge < -0.3 is 5.73 Å². The predicted molar refractivity (Wildman–Crippen MR) is 90.8 cm³/mol. The molecule has 0 unspecified atom stereocenters. The van der Waals surface area contributed by atoms with Crippen molar-refractivity contribution in [2.75, 3.05) is 4.72 Å². The number of nitrogens with one attached hydrogen (secondary N) is 1. The lowest BCUT2D eigenvalue weighted by atomic mass is 9.87. The molecule has 3 N–H and O–H groups in total. The maximum atomic E-state index is 14.2. The number of hydrogen-bond donors (Lipinski definition) is 2. The number of benzene rings is 2. The van der Waals surface area contributed by atoms with Crippen molar-refractivity contribution in [2.24, 2.45) is 5.73 Å². The molecular formula is C17H18F2N2O3S. The van der Waals surface area contributed by atoms with E-state index in [1.54, 1.807) is 12.1 Å². The third-order valence-corrected chi connectivity index (χ3v) is 4.99. The van der Waals surface area contributed by atoms with Crippen LogP contribution in [0, 0.1) is 11.6 Å². The number of carbonyl (C=O) groups is 1. The number of primary amides is 1. The minimum atomic E-state index is -4.12. The van der Waals surface area contributed by atoms with Gasteiger partial charge in [-0.1, -0.05) is 32.9 Å². The second-order valence-corrected chi connectivity index (χ2v) is 8.21. The molecule has 0 aliphatic carbocycles. The van der Waals surface area contributed by atoms with Crippen LogP contribution in [0.5, 0.6) is 0 Å². The van der Waals surface area contributed by atoms with E-state index in [0.717, 1.165) is 17.7 Å². The third-order valence-electron chi connectivity index (χ3n) is 3.61. The highest BCUT2D eigenvalue weighted by molar-refractivity contribution is 7.92. The lowest BCUT2D eigenvalue weighted by Crippen LogP contribution is -2.19. The molecule has 0 bridgehead atoms. The summed E-state index contributed by atoms with van der Waals surface area (Å²) in [6, 6.07) is 7.75. The van der Waals surface area contributed by atoms with Crippen molar-refractivity contribution in [1.29, 1.82) is 0 Å². The zero-order chi connectivity index (χ0) is 19.0. The van der Waals surface area contributed by atoms with Crippen LogP contribution < -0.4 is 10.5 Å². The SMILES string of the molecule is CC(C)(C)c1ccc(S(=O)(=O)Nc2ccc(F)c(C(N)=O)c2F)cc1. The number of carbonyl (C=O) groups excluding carboxylic acids is 1. The van der Waals surface area contributed by atoms with Gasteiger partial charge >= 0.3 is 0 Å². The molecule has 25 heavy (non-hydrogen) atoms. The Kier molecular flexibility index (Phi) is 4.85. The minimum absolute atomic E-state index is 0.0927. The Morgan fingerprint density at radius 1 is 1.04 bits per heavy atom. The van der Waals surface area contributed by atoms with Gasteiger partial charge in [0.05, 0.1) is 10.6 Å². The standard InChI is InChI=1S/C17H18F2N2O3S/c1-17(2,3)10-4-6-11(7-5-10)25(23,24)21-13-9-8-12(18)14(15(13)19)16(20)22/h4-9,21H,1-3H3,(H2,20,22). The monoisotopic (exact) mass is 368 g/mol. The summed E-state index contributed by atoms with van der Waals surface area (Å²) < 4.78 is 54.5. The van der Waals surface area contributed by atoms with E-state index < -0.39 is 38.8 Å². The second kappa shape index (κ2) is 6.44. The van der Waals surface area contributed by atoms with E-state index in [9.17, 15) is 22.0 Å². The summed E-state index contributed by atoms with van der Waals surface area (Å²) >= 11 is 0. The average molecular weight is 368 g/mol. The molecule has 2 aromatic rings. The summed E-state index contributed by atoms with van der Waals surface area (Å²) in [5, 5.41) is 0. The summed E-state index contributed by atoms with van der Waals surface area (Å²) in [7, 11) is -4.12. The van der Waals surface area contributed by atoms with Crippen molar-refractivity contribution >= 4 is 21.6 Å². The fourth-order valence-corrected chi connectivity index (χ4v) is 3.25. The van der Waals surface area contributed by atoms with E-state index in [1.165, 1.54) is 12.1 Å². The van der Waals surface area contributed by atoms with Gasteiger partial charge in [-0.2, -0.15) is 0 Å². The van der Waals surface area contributed by atoms with Crippen molar-refractivity contribution in [2.45, 2.75) is 31.1 Å². The summed E-state index contributed by atoms with van der Waals surface area (Å²) in [6.45, 7) is 5.94. The van der Waals surface area contributed by atoms with Crippen molar-refractivity contribution in [3.05, 3.63) is 59.2 Å². The van der Waals surface area contributed by atoms with Crippen molar-refractivity contribution in [3.63, 3.8) is 0 Å². The predicted octanol–water partition coefficient (Wildman–Crippen LogP) is 3.16. The molecule has 0 saturated carbocycles. The molecule has 134 valence electrons. The number of hydrogen-bond acceptors (Lipinski definition) is 3. The van der Waals surface area contributed by atoms with E-state index in [1.807, 2.05) is 25.5 Å². The zero-order valence-electron chi connectivity index (χ0n) is 13.9. The Labute approximate surface area is 144 Å². The first-order valence-corrected chi connectivity index (χ1v) is 8.83. The molecular weight excluding hydrogens is 350 g/mol. The lowest BCUT2D eigenvalue weighted by Gasteiger charge is -2.19. The van der Waals surface area contributed by atoms with Gasteiger partial charge in [-0.25, -0.2) is 17.2 Å². The van der Waals surface area contributed by atoms with Gasteiger partial charge in [-0.15, -0.1) is 0 Å². The van der Waals surface area contributed by atoms with Gasteiger partial charge in [0.25, 0.3) is 15.9 Å². The molecule has 0 heterocycles. The van der Waals surface area contributed by atoms with Crippen molar-refractivity contribution in [1.82, 2.24) is 0 Å². The maximum absolute atomic E-state index is 14.2. The quantitative estimate of drug-likeness (QED) is 0.869. The first-order chi connectivity index (χ1) is 11.4. The van der Waals surface area contributed by atoms with Gasteiger partial charge in [-0.05, 0) is 35.2 Å². The van der Waals surface area contributed by atoms with E-state index in [-0.39, 0.29) is 10.3 Å². The van der Waals surface area contributed by atoms with Gasteiger partial charge in [0.1, 0.15) is 11.4 Å². The van der Waals surface area contributed by atoms with Crippen LogP contribution in [0.2, 0.25) is 0 Å². The fraction of sp³-hybridized carbons (Fsp3) is 0.235. The first-order valence-electron chi connectivity index (χ1n) is 7.34. The van der Waals surface area contributed by atoms with Crippen LogP contribution in [-0.4, -0.2) is 14.3 Å². The third kappa shape index (κ3) is 3.96. The van der Waals surface area contributed by atoms with E-state index in [0.29, 0.717) is 0 Å². The molecule has 0 saturated heterocycles. The molecule has 0 aliphatic rings. The summed E-state index contributed by atoms with van der Waals surface area (Å²) in [5.74, 6) is -3.85. The highest BCUT2D eigenvalue weighted by Gasteiger charge is 2.23. The Morgan fingerprint density at radius 3 is 2.08 bits per heavy atom. The minimum Gasteiger partial charge on any atom is -0.365 e. The van der Waals surface area contributed by atoms with Gasteiger partial charge in [0.15, 0.2) is 5.82 Å². The van der Waals surface area contributed by atoms with E-state index >= 15 is 0 Å². The number of nitrogens with two attached hydrogens (primary N) is 1. The Bertz CT molecular complexity index is 918. The summed E-state index contributed by atoms with van der Waals surface area (Å²) in [5.41, 5.74) is 4.13. The number of rotatable bonds is 4. The van der Waals surface area contributed by atoms with Crippen LogP contribution >= 0.6 is 0 Å². The fourth-order valence-electron chi connectivity index (χ4n) is 2.19. The molecule has 0 radical (unpaired) electrons. The van der Waals surface area contributed by atoms with Crippen LogP contribution in [0.1, 0.15) is 36.7 Å². The number of sulfonamides is 1. The molecule has 8 heteroatoms. The molecule has 2 aromatic carbocycles. The molecule has 5 nitrogen and oxygen atoms in total. The number of halogens is 2. The topological polar surface area (TPSA) is 89.3 Å². The van der Waals surface area contributed by atoms with Gasteiger partial charge in [0, 0.05) is 0 Å². The molecule has 2 rings (SSSR count). The smallest absolute Gasteiger partial charge is 0.261 e. The Balaban J connectivity index is 2.40. The van der Waals surface area contributed by atoms with Gasteiger partial charge in [-0.3, -0.25) is 9.52 Å². The highest BCUT2D eigenvalue weighted by atomic mass is 32.2. The van der Waals surface area contributed by atoms with E-state index in [4.69, 9.17) is 5.73 Å². The first kappa shape index (κ1) is 18.9. The maximum Gasteiger partial charge on any atom is 0.261 e. The largest absolute Gasteiger partial charge is 0.365 e. The van der Waals surface area contributed by atoms with E-state index in [2.05, 4.69) is 0 Å². The number of anilines is 1. The summed E-state index contributed by atoms with van der Waals surface area (Å²) in [6.07, 6.45) is 0. The molecule has 0 aromatic heterocycles. The van der Waals surface area contributed by atoms with Crippen LogP contribution in [0.3, 0.4) is 0 Å². The van der Waals surface area contributed by atoms with Gasteiger partial charge in [0.2, 0.25) is 0 Å². The Hall–Kier alpha value is -2.48. The van der Waals surface area contributed by atoms with Crippen LogP contribution in [0.15, 0.2) is 41.3 Å². The highest BCUT2D eigenvalue weighted by Crippen LogP contribution is 2.26. The Morgan fingerprint density at radius 2 is 1.60 bits per heavy atom. The normalized spacial score (nSPS) is 12.0. The van der Waals surface area contributed by atoms with Crippen molar-refractivity contribution < 1.29 is 22.0 Å². The molecule has 1 amide bonds. The number of amides is 1. The van der Waals surface area contributed by atoms with Crippen LogP contribution in [-0.2, 0) is 15.4 Å². The summed E-state index contributed by atoms with van der Waals surface area (Å²) in [4.78, 5) is 11.0. The van der Waals surface area contributed by atoms with Crippen LogP contribution in [0.4, 0.5) is 14.5 Å². The molecule has 0 aliphatic heterocycles. The zero-order valence-corrected chi connectivity index (χ0v) is 14.7. The lowest BCUT2D eigenvalue weighted by molar-refractivity contribution is 0.0992. The van der Waals surface area contributed by atoms with Crippen LogP contribution in [0.25, 0.3) is 0 Å². The molecule has 0 spiro atoms. The van der Waals surface area contributed by atoms with Crippen molar-refractivity contribution in [3.8, 4) is 0 Å². The second-order valence-electron chi connectivity index (χ2n) is 6.53. The molecule has 0 fully saturated rings. The average Bonchev–Trinajstić information content (AvgIpc) is 2.49.